The van der Waals surface area contributed by atoms with Gasteiger partial charge >= 0.3 is 6.18 Å². The Morgan fingerprint density at radius 2 is 1.50 bits per heavy atom. The lowest BCUT2D eigenvalue weighted by Gasteiger charge is -2.10. The molecule has 2 unspecified atom stereocenters. The topological polar surface area (TPSA) is 58.2 Å². The van der Waals surface area contributed by atoms with Gasteiger partial charge in [-0.05, 0) is 48.9 Å². The van der Waals surface area contributed by atoms with Crippen molar-refractivity contribution in [3.05, 3.63) is 59.1 Å². The second kappa shape index (κ2) is 6.99. The fraction of sp³-hybridized carbons (Fsp3) is 0.222. The summed E-state index contributed by atoms with van der Waals surface area (Å²) in [5.74, 6) is -1.84. The standard InChI is InChI=1S/C18H14ClF3N2O2/c19-11-4-6-12(7-5-11)23-16(25)14-9-15(14)17(26)24-13-3-1-2-10(8-13)18(20,21)22/h1-8,14-15H,9H2,(H,23,25)(H,24,26). The normalized spacial score (nSPS) is 18.9. The maximum absolute atomic E-state index is 12.7. The number of benzene rings is 2. The molecule has 0 radical (unpaired) electrons. The molecule has 0 spiro atoms. The number of amides is 2. The zero-order valence-electron chi connectivity index (χ0n) is 13.3. The van der Waals surface area contributed by atoms with Crippen LogP contribution in [0.4, 0.5) is 24.5 Å². The Bertz CT molecular complexity index is 837. The van der Waals surface area contributed by atoms with E-state index in [4.69, 9.17) is 11.6 Å². The SMILES string of the molecule is O=C(Nc1ccc(Cl)cc1)C1CC1C(=O)Nc1cccc(C(F)(F)F)c1. The number of hydrogen-bond donors (Lipinski definition) is 2. The van der Waals surface area contributed by atoms with Crippen LogP contribution in [0.5, 0.6) is 0 Å². The summed E-state index contributed by atoms with van der Waals surface area (Å²) < 4.78 is 38.1. The van der Waals surface area contributed by atoms with Crippen molar-refractivity contribution in [2.75, 3.05) is 10.6 Å². The molecule has 3 rings (SSSR count). The number of nitrogens with one attached hydrogen (secondary N) is 2. The van der Waals surface area contributed by atoms with Crippen molar-refractivity contribution in [3.63, 3.8) is 0 Å². The van der Waals surface area contributed by atoms with E-state index in [2.05, 4.69) is 10.6 Å². The van der Waals surface area contributed by atoms with Gasteiger partial charge < -0.3 is 10.6 Å². The van der Waals surface area contributed by atoms with Crippen LogP contribution in [0.15, 0.2) is 48.5 Å². The van der Waals surface area contributed by atoms with Gasteiger partial charge in [0.15, 0.2) is 0 Å². The van der Waals surface area contributed by atoms with Crippen LogP contribution in [0.1, 0.15) is 12.0 Å². The number of alkyl halides is 3. The van der Waals surface area contributed by atoms with E-state index < -0.39 is 29.5 Å². The Labute approximate surface area is 152 Å². The monoisotopic (exact) mass is 382 g/mol. The number of carbonyl (C=O) groups is 2. The average Bonchev–Trinajstić information content (AvgIpc) is 3.37. The lowest BCUT2D eigenvalue weighted by atomic mass is 10.2. The van der Waals surface area contributed by atoms with Gasteiger partial charge in [-0.15, -0.1) is 0 Å². The molecule has 8 heteroatoms. The molecular formula is C18H14ClF3N2O2. The first kappa shape index (κ1) is 18.3. The highest BCUT2D eigenvalue weighted by molar-refractivity contribution is 6.30. The van der Waals surface area contributed by atoms with Crippen LogP contribution in [-0.4, -0.2) is 11.8 Å². The van der Waals surface area contributed by atoms with E-state index >= 15 is 0 Å². The van der Waals surface area contributed by atoms with Gasteiger partial charge in [0.05, 0.1) is 17.4 Å². The molecule has 1 saturated carbocycles. The molecule has 0 heterocycles. The molecule has 2 aromatic rings. The van der Waals surface area contributed by atoms with Crippen LogP contribution in [0.3, 0.4) is 0 Å². The Morgan fingerprint density at radius 1 is 0.923 bits per heavy atom. The summed E-state index contributed by atoms with van der Waals surface area (Å²) in [5, 5.41) is 5.65. The number of hydrogen-bond acceptors (Lipinski definition) is 2. The molecular weight excluding hydrogens is 369 g/mol. The first-order valence-corrected chi connectivity index (χ1v) is 8.16. The van der Waals surface area contributed by atoms with Gasteiger partial charge in [0.1, 0.15) is 0 Å². The molecule has 0 saturated heterocycles. The molecule has 2 atom stereocenters. The van der Waals surface area contributed by atoms with Crippen molar-refractivity contribution in [2.45, 2.75) is 12.6 Å². The largest absolute Gasteiger partial charge is 0.416 e. The maximum Gasteiger partial charge on any atom is 0.416 e. The van der Waals surface area contributed by atoms with E-state index in [1.54, 1.807) is 24.3 Å². The second-order valence-corrected chi connectivity index (χ2v) is 6.45. The van der Waals surface area contributed by atoms with Crippen LogP contribution in [-0.2, 0) is 15.8 Å². The van der Waals surface area contributed by atoms with Crippen molar-refractivity contribution in [1.29, 1.82) is 0 Å². The van der Waals surface area contributed by atoms with Crippen LogP contribution in [0.2, 0.25) is 5.02 Å². The Kier molecular flexibility index (Phi) is 4.91. The molecule has 0 aromatic heterocycles. The minimum absolute atomic E-state index is 0.0496. The van der Waals surface area contributed by atoms with Crippen molar-refractivity contribution in [2.24, 2.45) is 11.8 Å². The quantitative estimate of drug-likeness (QED) is 0.813. The predicted octanol–water partition coefficient (Wildman–Crippen LogP) is 4.57. The van der Waals surface area contributed by atoms with Crippen molar-refractivity contribution < 1.29 is 22.8 Å². The maximum atomic E-state index is 12.7. The first-order valence-electron chi connectivity index (χ1n) is 7.78. The molecule has 0 bridgehead atoms. The highest BCUT2D eigenvalue weighted by Crippen LogP contribution is 2.40. The van der Waals surface area contributed by atoms with Crippen molar-refractivity contribution in [1.82, 2.24) is 0 Å². The Hall–Kier alpha value is -2.54. The summed E-state index contributed by atoms with van der Waals surface area (Å²) in [4.78, 5) is 24.3. The molecule has 26 heavy (non-hydrogen) atoms. The van der Waals surface area contributed by atoms with Crippen LogP contribution < -0.4 is 10.6 Å². The molecule has 1 aliphatic rings. The van der Waals surface area contributed by atoms with Gasteiger partial charge in [-0.1, -0.05) is 17.7 Å². The third kappa shape index (κ3) is 4.35. The fourth-order valence-electron chi connectivity index (χ4n) is 2.55. The molecule has 2 amide bonds. The van der Waals surface area contributed by atoms with Gasteiger partial charge in [0.25, 0.3) is 0 Å². The lowest BCUT2D eigenvalue weighted by Crippen LogP contribution is -2.20. The second-order valence-electron chi connectivity index (χ2n) is 6.01. The Balaban J connectivity index is 1.57. The summed E-state index contributed by atoms with van der Waals surface area (Å²) in [6.45, 7) is 0. The molecule has 4 nitrogen and oxygen atoms in total. The molecule has 0 aliphatic heterocycles. The summed E-state index contributed by atoms with van der Waals surface area (Å²) in [5.41, 5.74) is -0.236. The first-order chi connectivity index (χ1) is 12.2. The van der Waals surface area contributed by atoms with Crippen LogP contribution in [0, 0.1) is 11.8 Å². The van der Waals surface area contributed by atoms with Gasteiger partial charge in [-0.25, -0.2) is 0 Å². The minimum atomic E-state index is -4.48. The highest BCUT2D eigenvalue weighted by atomic mass is 35.5. The smallest absolute Gasteiger partial charge is 0.326 e. The summed E-state index contributed by atoms with van der Waals surface area (Å²) in [6, 6.07) is 10.9. The van der Waals surface area contributed by atoms with E-state index in [1.165, 1.54) is 12.1 Å². The summed E-state index contributed by atoms with van der Waals surface area (Å²) >= 11 is 5.77. The molecule has 2 N–H and O–H groups in total. The van der Waals surface area contributed by atoms with E-state index in [0.717, 1.165) is 12.1 Å². The van der Waals surface area contributed by atoms with Gasteiger partial charge in [-0.2, -0.15) is 13.2 Å². The fourth-order valence-corrected chi connectivity index (χ4v) is 2.68. The summed E-state index contributed by atoms with van der Waals surface area (Å²) in [7, 11) is 0. The third-order valence-corrected chi connectivity index (χ3v) is 4.29. The van der Waals surface area contributed by atoms with E-state index in [-0.39, 0.29) is 11.6 Å². The minimum Gasteiger partial charge on any atom is -0.326 e. The molecule has 1 aliphatic carbocycles. The zero-order valence-corrected chi connectivity index (χ0v) is 14.1. The zero-order chi connectivity index (χ0) is 18.9. The predicted molar refractivity (Wildman–Crippen MR) is 91.8 cm³/mol. The van der Waals surface area contributed by atoms with Gasteiger partial charge in [0, 0.05) is 16.4 Å². The van der Waals surface area contributed by atoms with E-state index in [0.29, 0.717) is 17.1 Å². The molecule has 2 aromatic carbocycles. The van der Waals surface area contributed by atoms with Crippen LogP contribution in [0.25, 0.3) is 0 Å². The number of halogens is 4. The van der Waals surface area contributed by atoms with Crippen LogP contribution >= 0.6 is 11.6 Å². The van der Waals surface area contributed by atoms with E-state index in [9.17, 15) is 22.8 Å². The molecule has 136 valence electrons. The van der Waals surface area contributed by atoms with Gasteiger partial charge in [-0.3, -0.25) is 9.59 Å². The number of rotatable bonds is 4. The summed E-state index contributed by atoms with van der Waals surface area (Å²) in [6.07, 6.45) is -4.13. The third-order valence-electron chi connectivity index (χ3n) is 4.03. The highest BCUT2D eigenvalue weighted by Gasteiger charge is 2.48. The van der Waals surface area contributed by atoms with Gasteiger partial charge in [0.2, 0.25) is 11.8 Å². The Morgan fingerprint density at radius 3 is 2.08 bits per heavy atom. The number of anilines is 2. The lowest BCUT2D eigenvalue weighted by molar-refractivity contribution is -0.137. The average molecular weight is 383 g/mol. The van der Waals surface area contributed by atoms with E-state index in [1.807, 2.05) is 0 Å². The van der Waals surface area contributed by atoms with Crippen molar-refractivity contribution in [3.8, 4) is 0 Å². The molecule has 1 fully saturated rings. The van der Waals surface area contributed by atoms with Crippen molar-refractivity contribution >= 4 is 34.8 Å². The number of carbonyl (C=O) groups excluding carboxylic acids is 2.